The van der Waals surface area contributed by atoms with Gasteiger partial charge in [-0.3, -0.25) is 13.7 Å². The third-order valence-electron chi connectivity index (χ3n) is 28.5. The highest BCUT2D eigenvalue weighted by molar-refractivity contribution is 7.04. The molecule has 0 bridgehead atoms. The van der Waals surface area contributed by atoms with Gasteiger partial charge in [-0.05, 0) is 86.8 Å². The summed E-state index contributed by atoms with van der Waals surface area (Å²) in [6.07, 6.45) is 0. The number of fused-ring (bicyclic) bond motifs is 18. The first-order chi connectivity index (χ1) is 70.7. The third kappa shape index (κ3) is 14.5. The number of aromatic nitrogens is 17. The van der Waals surface area contributed by atoms with Gasteiger partial charge in [-0.25, -0.2) is 69.8 Å². The Morgan fingerprint density at radius 1 is 0.167 bits per heavy atom. The Balaban J connectivity index is 0.000000110. The highest BCUT2D eigenvalue weighted by Crippen LogP contribution is 2.45. The maximum atomic E-state index is 5.50. The van der Waals surface area contributed by atoms with Crippen molar-refractivity contribution in [2.75, 3.05) is 0 Å². The van der Waals surface area contributed by atoms with Gasteiger partial charge in [-0.1, -0.05) is 415 Å². The van der Waals surface area contributed by atoms with E-state index in [0.717, 1.165) is 139 Å². The van der Waals surface area contributed by atoms with Crippen molar-refractivity contribution in [2.45, 2.75) is 39.3 Å². The Hall–Kier alpha value is -18.1. The predicted octanol–water partition coefficient (Wildman–Crippen LogP) is 25.0. The summed E-state index contributed by atoms with van der Waals surface area (Å²) in [6.45, 7) is 14.3. The summed E-state index contributed by atoms with van der Waals surface area (Å²) in [4.78, 5) is 73.4. The van der Waals surface area contributed by atoms with Crippen LogP contribution in [0.4, 0.5) is 0 Å². The maximum absolute atomic E-state index is 5.50. The summed E-state index contributed by atoms with van der Waals surface area (Å²) in [5, 5.41) is 14.4. The second-order valence-electron chi connectivity index (χ2n) is 38.3. The zero-order chi connectivity index (χ0) is 96.5. The van der Waals surface area contributed by atoms with E-state index in [9.17, 15) is 0 Å². The molecular formula is C124H89N17Si3. The summed E-state index contributed by atoms with van der Waals surface area (Å²) in [7, 11) is -6.55. The predicted molar refractivity (Wildman–Crippen MR) is 592 cm³/mol. The van der Waals surface area contributed by atoms with Gasteiger partial charge >= 0.3 is 0 Å². The van der Waals surface area contributed by atoms with Crippen LogP contribution in [0.15, 0.2) is 431 Å². The smallest absolute Gasteiger partial charge is 0.235 e. The minimum absolute atomic E-state index is 0.537. The Morgan fingerprint density at radius 2 is 0.403 bits per heavy atom. The lowest BCUT2D eigenvalue weighted by atomic mass is 10.0. The molecule has 0 amide bonds. The van der Waals surface area contributed by atoms with Gasteiger partial charge in [0, 0.05) is 109 Å². The highest BCUT2D eigenvalue weighted by atomic mass is 28.3. The monoisotopic (exact) mass is 1900 g/mol. The molecule has 9 aromatic heterocycles. The highest BCUT2D eigenvalue weighted by Gasteiger charge is 2.46. The molecule has 0 radical (unpaired) electrons. The first-order valence-corrected chi connectivity index (χ1v) is 57.6. The molecule has 0 N–H and O–H groups in total. The second kappa shape index (κ2) is 34.8. The van der Waals surface area contributed by atoms with E-state index < -0.39 is 24.2 Å². The summed E-state index contributed by atoms with van der Waals surface area (Å²) in [6, 6.07) is 149. The fourth-order valence-electron chi connectivity index (χ4n) is 21.5. The van der Waals surface area contributed by atoms with Crippen molar-refractivity contribution in [1.29, 1.82) is 0 Å². The largest absolute Gasteiger partial charge is 0.278 e. The molecule has 25 aromatic rings. The summed E-state index contributed by atoms with van der Waals surface area (Å²) < 4.78 is 6.63. The van der Waals surface area contributed by atoms with Gasteiger partial charge in [0.25, 0.3) is 0 Å². The molecule has 12 heterocycles. The first-order valence-electron chi connectivity index (χ1n) is 48.6. The topological polar surface area (TPSA) is 195 Å². The van der Waals surface area contributed by atoms with E-state index in [1.54, 1.807) is 0 Å². The molecule has 0 aliphatic carbocycles. The molecule has 16 aromatic carbocycles. The molecule has 0 saturated carbocycles. The quantitative estimate of drug-likeness (QED) is 0.0989. The van der Waals surface area contributed by atoms with E-state index in [2.05, 4.69) is 326 Å². The molecule has 0 spiro atoms. The van der Waals surface area contributed by atoms with Gasteiger partial charge in [0.05, 0.1) is 50.2 Å². The normalized spacial score (nSPS) is 13.1. The van der Waals surface area contributed by atoms with Crippen LogP contribution in [-0.2, 0) is 0 Å². The molecule has 3 aliphatic rings. The van der Waals surface area contributed by atoms with Crippen LogP contribution in [0.25, 0.3) is 230 Å². The summed E-state index contributed by atoms with van der Waals surface area (Å²) in [5.41, 5.74) is 25.2. The van der Waals surface area contributed by atoms with Gasteiger partial charge in [-0.15, -0.1) is 0 Å². The Labute approximate surface area is 833 Å². The number of rotatable bonds is 13. The van der Waals surface area contributed by atoms with Crippen molar-refractivity contribution in [1.82, 2.24) is 83.5 Å². The number of para-hydroxylation sites is 5. The molecule has 20 heteroatoms. The average molecular weight is 1900 g/mol. The van der Waals surface area contributed by atoms with Crippen molar-refractivity contribution in [2.24, 2.45) is 0 Å². The van der Waals surface area contributed by atoms with E-state index >= 15 is 0 Å². The Bertz CT molecular complexity index is 8800. The van der Waals surface area contributed by atoms with Crippen molar-refractivity contribution in [3.05, 3.63) is 431 Å². The van der Waals surface area contributed by atoms with E-state index in [1.165, 1.54) is 64.7 Å². The van der Waals surface area contributed by atoms with Gasteiger partial charge in [0.1, 0.15) is 35.6 Å². The number of benzene rings is 16. The lowest BCUT2D eigenvalue weighted by Crippen LogP contribution is -2.51. The first kappa shape index (κ1) is 86.3. The molecule has 0 saturated heterocycles. The maximum Gasteiger partial charge on any atom is 0.235 e. The molecule has 682 valence electrons. The third-order valence-corrected chi connectivity index (χ3v) is 38.5. The second-order valence-corrected chi connectivity index (χ2v) is 51.0. The lowest BCUT2D eigenvalue weighted by Gasteiger charge is -2.19. The van der Waals surface area contributed by atoms with Gasteiger partial charge in [0.2, 0.25) is 17.8 Å². The number of nitrogens with zero attached hydrogens (tertiary/aromatic N) is 17. The molecule has 28 rings (SSSR count). The lowest BCUT2D eigenvalue weighted by molar-refractivity contribution is 0.987. The van der Waals surface area contributed by atoms with E-state index in [1.807, 2.05) is 158 Å². The zero-order valence-corrected chi connectivity index (χ0v) is 82.6. The SMILES string of the molecule is C[Si]1(C)c2ccccc2-c2c(-c3ccccc3)nc(-n3c4ccccc4c4cc(-c5nc(-c6ccccc6)nc(-c6ccccc6)n5)ccc43)nc21.C[Si]1(C)c2ccccc2-c2c(-c3nc(-c4ccccc4)cc(-c4ccccc4)n3)nc(-n3c4ccccc4c4ccccc43)nc21.C[Si]1(C)c2ccccc2-c2c(-c3nc(-c4ccccc4)nc(-c4ccccc4)n3)nc(-n3c4ccccc4c4ccccc43)nc21. The minimum Gasteiger partial charge on any atom is -0.278 e. The van der Waals surface area contributed by atoms with Crippen molar-refractivity contribution in [3.63, 3.8) is 0 Å². The molecule has 0 unspecified atom stereocenters. The van der Waals surface area contributed by atoms with Crippen LogP contribution in [0.2, 0.25) is 39.3 Å². The molecule has 17 nitrogen and oxygen atoms in total. The molecule has 3 aliphatic heterocycles. The summed E-state index contributed by atoms with van der Waals surface area (Å²) >= 11 is 0. The van der Waals surface area contributed by atoms with Gasteiger partial charge in [-0.2, -0.15) is 0 Å². The van der Waals surface area contributed by atoms with Crippen LogP contribution in [-0.4, -0.2) is 108 Å². The number of hydrogen-bond acceptors (Lipinski definition) is 14. The Morgan fingerprint density at radius 3 is 0.729 bits per heavy atom. The Kier molecular flexibility index (Phi) is 20.8. The van der Waals surface area contributed by atoms with Gasteiger partial charge < -0.3 is 0 Å². The summed E-state index contributed by atoms with van der Waals surface area (Å²) in [5.74, 6) is 6.21. The molecule has 0 fully saturated rings. The fraction of sp³-hybridized carbons (Fsp3) is 0.0484. The standard InChI is InChI=1S/C45H32N6Si.C40H29N5Si.C39H28N6Si/c1-52(2)38-25-15-13-23-34(38)39-40(29-16-6-3-7-17-29)46-45(50-44(39)52)51-36-24-14-12-22-33(36)35-28-32(26-27-37(35)51)43-48-41(30-18-8-4-9-19-30)47-42(49-43)31-20-10-5-11-21-31;1-46(2)35-24-14-11-21-30(35)36-37(38-41-31(26-15-5-3-6-16-26)25-32(42-38)27-17-7-4-8-18-27)43-40(44-39(36)46)45-33-22-12-9-19-28(33)29-20-10-13-23-34(29)45;1-46(2)32-24-14-11-21-29(32)33-34(37-42-35(25-15-5-3-6-16-25)41-36(43-37)26-17-7-4-8-18-26)40-39(44-38(33)46)45-30-22-12-9-19-27(30)28-20-10-13-23-31(28)45/h3-28H,1-2H3;3-25H,1-2H3;3-24H,1-2H3. The minimum atomic E-state index is -2.22. The van der Waals surface area contributed by atoms with E-state index in [0.29, 0.717) is 58.6 Å². The van der Waals surface area contributed by atoms with Crippen molar-refractivity contribution >= 4 is 121 Å². The van der Waals surface area contributed by atoms with Crippen LogP contribution in [0.1, 0.15) is 0 Å². The fourth-order valence-corrected chi connectivity index (χ4v) is 30.3. The van der Waals surface area contributed by atoms with Crippen LogP contribution in [0.5, 0.6) is 0 Å². The van der Waals surface area contributed by atoms with Crippen molar-refractivity contribution < 1.29 is 0 Å². The average Bonchev–Trinajstić information content (AvgIpc) is 1.56. The van der Waals surface area contributed by atoms with Crippen LogP contribution in [0, 0.1) is 0 Å². The zero-order valence-electron chi connectivity index (χ0n) is 79.6. The van der Waals surface area contributed by atoms with Gasteiger partial charge in [0.15, 0.2) is 40.8 Å². The molecule has 0 atom stereocenters. The van der Waals surface area contributed by atoms with E-state index in [-0.39, 0.29) is 0 Å². The van der Waals surface area contributed by atoms with Crippen molar-refractivity contribution in [3.8, 4) is 165 Å². The van der Waals surface area contributed by atoms with Crippen LogP contribution < -0.4 is 31.5 Å². The molecular weight excluding hydrogens is 1810 g/mol. The number of hydrogen-bond donors (Lipinski definition) is 0. The van der Waals surface area contributed by atoms with E-state index in [4.69, 9.17) is 69.8 Å². The van der Waals surface area contributed by atoms with Crippen LogP contribution >= 0.6 is 0 Å². The molecule has 144 heavy (non-hydrogen) atoms. The van der Waals surface area contributed by atoms with Crippen LogP contribution in [0.3, 0.4) is 0 Å².